The fourth-order valence-electron chi connectivity index (χ4n) is 3.64. The highest BCUT2D eigenvalue weighted by Gasteiger charge is 2.15. The number of ether oxygens (including phenoxy) is 1. The molecule has 4 nitrogen and oxygen atoms in total. The molecule has 144 valence electrons. The summed E-state index contributed by atoms with van der Waals surface area (Å²) in [6, 6.07) is 16.2. The number of rotatable bonds is 5. The summed E-state index contributed by atoms with van der Waals surface area (Å²) in [4.78, 5) is 18.6. The van der Waals surface area contributed by atoms with Crippen molar-refractivity contribution in [3.8, 4) is 11.3 Å². The van der Waals surface area contributed by atoms with Crippen LogP contribution in [0.4, 0.5) is 0 Å². The zero-order valence-electron chi connectivity index (χ0n) is 16.0. The number of hydrogen-bond acceptors (Lipinski definition) is 4. The summed E-state index contributed by atoms with van der Waals surface area (Å²) in [5, 5.41) is 1.76. The van der Waals surface area contributed by atoms with Gasteiger partial charge >= 0.3 is 0 Å². The lowest BCUT2D eigenvalue weighted by molar-refractivity contribution is -0.116. The van der Waals surface area contributed by atoms with Crippen LogP contribution in [0.5, 0.6) is 0 Å². The van der Waals surface area contributed by atoms with Crippen LogP contribution >= 0.6 is 11.6 Å². The number of para-hydroxylation sites is 1. The maximum absolute atomic E-state index is 11.3. The molecule has 1 saturated heterocycles. The summed E-state index contributed by atoms with van der Waals surface area (Å²) in [6.07, 6.45) is 0.458. The average molecular weight is 395 g/mol. The van der Waals surface area contributed by atoms with Crippen molar-refractivity contribution < 1.29 is 9.53 Å². The number of benzene rings is 2. The van der Waals surface area contributed by atoms with Crippen LogP contribution in [0.3, 0.4) is 0 Å². The van der Waals surface area contributed by atoms with E-state index < -0.39 is 0 Å². The highest BCUT2D eigenvalue weighted by atomic mass is 35.5. The minimum Gasteiger partial charge on any atom is -0.379 e. The first-order valence-corrected chi connectivity index (χ1v) is 9.95. The smallest absolute Gasteiger partial charge is 0.134 e. The zero-order chi connectivity index (χ0) is 19.5. The van der Waals surface area contributed by atoms with Crippen LogP contribution in [0.2, 0.25) is 5.02 Å². The van der Waals surface area contributed by atoms with E-state index in [0.29, 0.717) is 11.4 Å². The number of nitrogens with zero attached hydrogens (tertiary/aromatic N) is 2. The molecule has 28 heavy (non-hydrogen) atoms. The Bertz CT molecular complexity index is 995. The molecule has 1 aliphatic rings. The summed E-state index contributed by atoms with van der Waals surface area (Å²) in [5.41, 5.74) is 4.99. The third-order valence-electron chi connectivity index (χ3n) is 5.08. The number of halogens is 1. The molecule has 1 aliphatic heterocycles. The molecule has 0 amide bonds. The number of Topliss-reactive ketones (excluding diaryl/α,β-unsaturated/α-hetero) is 1. The first kappa shape index (κ1) is 19.1. The average Bonchev–Trinajstić information content (AvgIpc) is 2.69. The van der Waals surface area contributed by atoms with Gasteiger partial charge in [-0.15, -0.1) is 0 Å². The Labute approximate surface area is 170 Å². The molecule has 0 atom stereocenters. The Balaban J connectivity index is 1.73. The molecule has 2 heterocycles. The van der Waals surface area contributed by atoms with Crippen LogP contribution in [0.15, 0.2) is 48.5 Å². The lowest BCUT2D eigenvalue weighted by Crippen LogP contribution is -2.35. The van der Waals surface area contributed by atoms with Gasteiger partial charge in [0.2, 0.25) is 0 Å². The summed E-state index contributed by atoms with van der Waals surface area (Å²) >= 11 is 6.48. The van der Waals surface area contributed by atoms with Crippen LogP contribution in [-0.4, -0.2) is 42.0 Å². The molecule has 0 radical (unpaired) electrons. The van der Waals surface area contributed by atoms with Crippen molar-refractivity contribution in [3.63, 3.8) is 0 Å². The van der Waals surface area contributed by atoms with E-state index in [0.717, 1.165) is 60.6 Å². The van der Waals surface area contributed by atoms with Crippen molar-refractivity contribution in [2.45, 2.75) is 19.9 Å². The molecule has 0 N–H and O–H groups in total. The third kappa shape index (κ3) is 4.25. The monoisotopic (exact) mass is 394 g/mol. The Morgan fingerprint density at radius 1 is 1.14 bits per heavy atom. The predicted octanol–water partition coefficient (Wildman–Crippen LogP) is 4.52. The molecule has 4 rings (SSSR count). The SMILES string of the molecule is CC(=O)Cc1ccc(-c2cc(CN3CCOCC3)c3cccc(Cl)c3n2)cc1. The lowest BCUT2D eigenvalue weighted by Gasteiger charge is -2.27. The second kappa shape index (κ2) is 8.39. The molecule has 0 aliphatic carbocycles. The number of carbonyl (C=O) groups is 1. The van der Waals surface area contributed by atoms with Gasteiger partial charge in [0.25, 0.3) is 0 Å². The van der Waals surface area contributed by atoms with Crippen LogP contribution < -0.4 is 0 Å². The van der Waals surface area contributed by atoms with Crippen molar-refractivity contribution in [3.05, 3.63) is 64.7 Å². The summed E-state index contributed by atoms with van der Waals surface area (Å²) in [5.74, 6) is 0.163. The Kier molecular flexibility index (Phi) is 5.72. The van der Waals surface area contributed by atoms with Crippen LogP contribution in [0.25, 0.3) is 22.2 Å². The maximum atomic E-state index is 11.3. The van der Waals surface area contributed by atoms with E-state index in [1.165, 1.54) is 5.56 Å². The highest BCUT2D eigenvalue weighted by Crippen LogP contribution is 2.30. The molecule has 3 aromatic rings. The number of carbonyl (C=O) groups excluding carboxylic acids is 1. The van der Waals surface area contributed by atoms with Gasteiger partial charge in [-0.05, 0) is 30.2 Å². The van der Waals surface area contributed by atoms with Crippen molar-refractivity contribution in [1.29, 1.82) is 0 Å². The van der Waals surface area contributed by atoms with E-state index >= 15 is 0 Å². The molecule has 5 heteroatoms. The summed E-state index contributed by atoms with van der Waals surface area (Å²) in [7, 11) is 0. The van der Waals surface area contributed by atoms with Gasteiger partial charge in [-0.1, -0.05) is 48.0 Å². The maximum Gasteiger partial charge on any atom is 0.134 e. The first-order valence-electron chi connectivity index (χ1n) is 9.57. The predicted molar refractivity (Wildman–Crippen MR) is 113 cm³/mol. The van der Waals surface area contributed by atoms with Gasteiger partial charge in [0.05, 0.1) is 29.4 Å². The fourth-order valence-corrected chi connectivity index (χ4v) is 3.86. The molecule has 0 spiro atoms. The molecule has 1 aromatic heterocycles. The van der Waals surface area contributed by atoms with E-state index in [4.69, 9.17) is 21.3 Å². The minimum atomic E-state index is 0.163. The van der Waals surface area contributed by atoms with Gasteiger partial charge in [0, 0.05) is 37.0 Å². The van der Waals surface area contributed by atoms with Gasteiger partial charge in [-0.2, -0.15) is 0 Å². The number of fused-ring (bicyclic) bond motifs is 1. The third-order valence-corrected chi connectivity index (χ3v) is 5.38. The minimum absolute atomic E-state index is 0.163. The van der Waals surface area contributed by atoms with Crippen molar-refractivity contribution in [2.75, 3.05) is 26.3 Å². The van der Waals surface area contributed by atoms with Crippen LogP contribution in [0.1, 0.15) is 18.1 Å². The van der Waals surface area contributed by atoms with Crippen molar-refractivity contribution in [2.24, 2.45) is 0 Å². The molecular weight excluding hydrogens is 372 g/mol. The standard InChI is InChI=1S/C23H23ClN2O2/c1-16(27)13-17-5-7-18(8-6-17)22-14-19(15-26-9-11-28-12-10-26)20-3-2-4-21(24)23(20)25-22/h2-8,14H,9-13,15H2,1H3. The van der Waals surface area contributed by atoms with Gasteiger partial charge in [0.15, 0.2) is 0 Å². The Morgan fingerprint density at radius 3 is 2.61 bits per heavy atom. The van der Waals surface area contributed by atoms with E-state index in [1.54, 1.807) is 6.92 Å². The molecule has 0 unspecified atom stereocenters. The Morgan fingerprint density at radius 2 is 1.89 bits per heavy atom. The quantitative estimate of drug-likeness (QED) is 0.638. The number of hydrogen-bond donors (Lipinski definition) is 0. The van der Waals surface area contributed by atoms with Crippen LogP contribution in [0, 0.1) is 0 Å². The summed E-state index contributed by atoms with van der Waals surface area (Å²) in [6.45, 7) is 5.86. The second-order valence-corrected chi connectivity index (χ2v) is 7.67. The van der Waals surface area contributed by atoms with E-state index in [9.17, 15) is 4.79 Å². The summed E-state index contributed by atoms with van der Waals surface area (Å²) < 4.78 is 5.48. The number of ketones is 1. The number of morpholine rings is 1. The van der Waals surface area contributed by atoms with Gasteiger partial charge in [-0.3, -0.25) is 9.69 Å². The fraction of sp³-hybridized carbons (Fsp3) is 0.304. The van der Waals surface area contributed by atoms with E-state index in [1.807, 2.05) is 36.4 Å². The first-order chi connectivity index (χ1) is 13.6. The van der Waals surface area contributed by atoms with E-state index in [-0.39, 0.29) is 5.78 Å². The van der Waals surface area contributed by atoms with E-state index in [2.05, 4.69) is 17.0 Å². The second-order valence-electron chi connectivity index (χ2n) is 7.27. The van der Waals surface area contributed by atoms with Gasteiger partial charge < -0.3 is 4.74 Å². The normalized spacial score (nSPS) is 15.1. The molecule has 0 saturated carbocycles. The van der Waals surface area contributed by atoms with Gasteiger partial charge in [0.1, 0.15) is 5.78 Å². The van der Waals surface area contributed by atoms with Gasteiger partial charge in [-0.25, -0.2) is 4.98 Å². The molecular formula is C23H23ClN2O2. The zero-order valence-corrected chi connectivity index (χ0v) is 16.7. The Hall–Kier alpha value is -2.27. The highest BCUT2D eigenvalue weighted by molar-refractivity contribution is 6.35. The molecule has 0 bridgehead atoms. The lowest BCUT2D eigenvalue weighted by atomic mass is 10.0. The molecule has 1 fully saturated rings. The van der Waals surface area contributed by atoms with Crippen molar-refractivity contribution >= 4 is 28.3 Å². The topological polar surface area (TPSA) is 42.4 Å². The van der Waals surface area contributed by atoms with Crippen LogP contribution in [-0.2, 0) is 22.5 Å². The number of pyridine rings is 1. The van der Waals surface area contributed by atoms with Crippen molar-refractivity contribution in [1.82, 2.24) is 9.88 Å². The largest absolute Gasteiger partial charge is 0.379 e. The molecule has 2 aromatic carbocycles. The number of aromatic nitrogens is 1.